The lowest BCUT2D eigenvalue weighted by atomic mass is 9.43. The van der Waals surface area contributed by atoms with Crippen molar-refractivity contribution in [1.82, 2.24) is 0 Å². The molecule has 2 aliphatic heterocycles. The van der Waals surface area contributed by atoms with Crippen LogP contribution in [0.2, 0.25) is 0 Å². The van der Waals surface area contributed by atoms with Gasteiger partial charge in [-0.15, -0.1) is 0 Å². The molecular weight excluding hydrogens is 472 g/mol. The molecule has 4 amide bonds. The van der Waals surface area contributed by atoms with Crippen LogP contribution in [0.3, 0.4) is 0 Å². The van der Waals surface area contributed by atoms with Gasteiger partial charge in [-0.3, -0.25) is 29.0 Å². The quantitative estimate of drug-likeness (QED) is 0.474. The lowest BCUT2D eigenvalue weighted by molar-refractivity contribution is -0.155. The molecule has 0 radical (unpaired) electrons. The van der Waals surface area contributed by atoms with Crippen LogP contribution < -0.4 is 9.80 Å². The van der Waals surface area contributed by atoms with Crippen molar-refractivity contribution in [2.75, 3.05) is 16.4 Å². The number of hydrogen-bond acceptors (Lipinski definition) is 6. The zero-order valence-electron chi connectivity index (χ0n) is 20.7. The van der Waals surface area contributed by atoms with E-state index in [-0.39, 0.29) is 12.2 Å². The van der Waals surface area contributed by atoms with Crippen molar-refractivity contribution >= 4 is 41.0 Å². The van der Waals surface area contributed by atoms with Gasteiger partial charge in [0.2, 0.25) is 23.6 Å². The molecule has 3 aliphatic carbocycles. The molecular formula is C29H26N2O6. The smallest absolute Gasteiger partial charge is 0.334 e. The van der Waals surface area contributed by atoms with Crippen molar-refractivity contribution in [2.45, 2.75) is 20.8 Å². The third kappa shape index (κ3) is 2.81. The second-order valence-corrected chi connectivity index (χ2v) is 10.3. The Balaban J connectivity index is 1.56. The molecule has 2 saturated heterocycles. The monoisotopic (exact) mass is 498 g/mol. The highest BCUT2D eigenvalue weighted by Crippen LogP contribution is 2.68. The van der Waals surface area contributed by atoms with Crippen molar-refractivity contribution in [3.63, 3.8) is 0 Å². The maximum atomic E-state index is 14.0. The number of carbonyl (C=O) groups is 5. The summed E-state index contributed by atoms with van der Waals surface area (Å²) in [5.41, 5.74) is 0.259. The molecule has 37 heavy (non-hydrogen) atoms. The number of benzene rings is 2. The summed E-state index contributed by atoms with van der Waals surface area (Å²) in [4.78, 5) is 71.6. The van der Waals surface area contributed by atoms with Crippen molar-refractivity contribution in [3.8, 4) is 0 Å². The first-order valence-electron chi connectivity index (χ1n) is 12.5. The molecule has 2 heterocycles. The Hall–Kier alpha value is -4.07. The van der Waals surface area contributed by atoms with Crippen LogP contribution in [0.15, 0.2) is 71.8 Å². The van der Waals surface area contributed by atoms with Gasteiger partial charge in [0.15, 0.2) is 0 Å². The molecule has 2 aromatic carbocycles. The minimum atomic E-state index is -1.40. The standard InChI is InChI=1S/C29H26N2O6/c1-4-37-28(36)21-15(2)18-19-22(26(34)30(24(19)32)16-11-7-5-8-12-16)29(21,3)23-20(18)25(33)31(27(23)35)17-13-9-6-10-14-17/h5-14,18-20,22-23H,4H2,1-3H3/t18?,19-,20+,22+,23-,29?. The van der Waals surface area contributed by atoms with Gasteiger partial charge in [0, 0.05) is 16.9 Å². The number of allylic oxidation sites excluding steroid dienone is 1. The topological polar surface area (TPSA) is 101 Å². The van der Waals surface area contributed by atoms with E-state index in [4.69, 9.17) is 4.74 Å². The summed E-state index contributed by atoms with van der Waals surface area (Å²) in [5.74, 6) is -6.76. The number of rotatable bonds is 4. The molecule has 188 valence electrons. The van der Waals surface area contributed by atoms with Crippen LogP contribution in [0.1, 0.15) is 20.8 Å². The van der Waals surface area contributed by atoms with Gasteiger partial charge in [-0.2, -0.15) is 0 Å². The van der Waals surface area contributed by atoms with E-state index in [1.165, 1.54) is 0 Å². The number of ether oxygens (including phenoxy) is 1. The van der Waals surface area contributed by atoms with E-state index >= 15 is 0 Å². The lowest BCUT2D eigenvalue weighted by Gasteiger charge is -2.55. The van der Waals surface area contributed by atoms with Gasteiger partial charge < -0.3 is 4.74 Å². The van der Waals surface area contributed by atoms with E-state index in [0.29, 0.717) is 16.9 Å². The maximum Gasteiger partial charge on any atom is 0.334 e. The Bertz CT molecular complexity index is 1310. The normalized spacial score (nSPS) is 32.2. The first-order chi connectivity index (χ1) is 17.7. The number of nitrogens with zero attached hydrogens (tertiary/aromatic N) is 2. The van der Waals surface area contributed by atoms with Crippen LogP contribution in [0, 0.1) is 35.0 Å². The van der Waals surface area contributed by atoms with Gasteiger partial charge in [-0.25, -0.2) is 4.79 Å². The fraction of sp³-hybridized carbons (Fsp3) is 0.345. The van der Waals surface area contributed by atoms with Crippen LogP contribution in [0.25, 0.3) is 0 Å². The molecule has 0 N–H and O–H groups in total. The lowest BCUT2D eigenvalue weighted by Crippen LogP contribution is -2.61. The first kappa shape index (κ1) is 23.3. The van der Waals surface area contributed by atoms with Gasteiger partial charge in [0.25, 0.3) is 0 Å². The molecule has 1 saturated carbocycles. The molecule has 0 spiro atoms. The maximum absolute atomic E-state index is 14.0. The summed E-state index contributed by atoms with van der Waals surface area (Å²) in [5, 5.41) is 0. The fourth-order valence-electron chi connectivity index (χ4n) is 7.47. The number of amides is 4. The third-order valence-electron chi connectivity index (χ3n) is 8.71. The Labute approximate surface area is 213 Å². The van der Waals surface area contributed by atoms with Crippen LogP contribution in [-0.4, -0.2) is 36.2 Å². The van der Waals surface area contributed by atoms with Crippen molar-refractivity contribution in [3.05, 3.63) is 71.8 Å². The molecule has 3 fully saturated rings. The number of esters is 1. The Morgan fingerprint density at radius 2 is 1.19 bits per heavy atom. The molecule has 0 aromatic heterocycles. The average Bonchev–Trinajstić information content (AvgIpc) is 3.31. The minimum absolute atomic E-state index is 0.116. The van der Waals surface area contributed by atoms with Crippen molar-refractivity contribution in [1.29, 1.82) is 0 Å². The molecule has 2 aromatic rings. The van der Waals surface area contributed by atoms with Gasteiger partial charge >= 0.3 is 5.97 Å². The van der Waals surface area contributed by atoms with E-state index < -0.39 is 64.6 Å². The minimum Gasteiger partial charge on any atom is -0.463 e. The Morgan fingerprint density at radius 3 is 1.59 bits per heavy atom. The number of para-hydroxylation sites is 2. The summed E-state index contributed by atoms with van der Waals surface area (Å²) < 4.78 is 5.40. The summed E-state index contributed by atoms with van der Waals surface area (Å²) in [6.07, 6.45) is 0. The van der Waals surface area contributed by atoms with E-state index in [1.54, 1.807) is 81.4 Å². The Morgan fingerprint density at radius 1 is 0.757 bits per heavy atom. The fourth-order valence-corrected chi connectivity index (χ4v) is 7.47. The summed E-state index contributed by atoms with van der Waals surface area (Å²) in [6.45, 7) is 5.22. The number of imide groups is 2. The molecule has 7 rings (SSSR count). The van der Waals surface area contributed by atoms with Crippen molar-refractivity contribution < 1.29 is 28.7 Å². The third-order valence-corrected chi connectivity index (χ3v) is 8.71. The summed E-state index contributed by atoms with van der Waals surface area (Å²) >= 11 is 0. The van der Waals surface area contributed by atoms with Crippen LogP contribution in [0.4, 0.5) is 11.4 Å². The van der Waals surface area contributed by atoms with Crippen LogP contribution in [0.5, 0.6) is 0 Å². The first-order valence-corrected chi connectivity index (χ1v) is 12.5. The highest BCUT2D eigenvalue weighted by Gasteiger charge is 2.77. The predicted octanol–water partition coefficient (Wildman–Crippen LogP) is 3.13. The molecule has 8 nitrogen and oxygen atoms in total. The van der Waals surface area contributed by atoms with Crippen LogP contribution >= 0.6 is 0 Å². The molecule has 6 atom stereocenters. The molecule has 8 heteroatoms. The highest BCUT2D eigenvalue weighted by molar-refractivity contribution is 6.27. The van der Waals surface area contributed by atoms with E-state index in [9.17, 15) is 24.0 Å². The summed E-state index contributed by atoms with van der Waals surface area (Å²) in [6, 6.07) is 17.2. The molecule has 2 unspecified atom stereocenters. The number of hydrogen-bond donors (Lipinski definition) is 0. The van der Waals surface area contributed by atoms with Gasteiger partial charge in [0.1, 0.15) is 0 Å². The predicted molar refractivity (Wildman–Crippen MR) is 133 cm³/mol. The van der Waals surface area contributed by atoms with E-state index in [2.05, 4.69) is 0 Å². The van der Waals surface area contributed by atoms with Crippen molar-refractivity contribution in [2.24, 2.45) is 35.0 Å². The van der Waals surface area contributed by atoms with E-state index in [1.807, 2.05) is 0 Å². The van der Waals surface area contributed by atoms with Gasteiger partial charge in [-0.05, 0) is 38.1 Å². The molecule has 2 bridgehead atoms. The largest absolute Gasteiger partial charge is 0.463 e. The Kier molecular flexibility index (Phi) is 5.02. The molecule has 5 aliphatic rings. The summed E-state index contributed by atoms with van der Waals surface area (Å²) in [7, 11) is 0. The van der Waals surface area contributed by atoms with E-state index in [0.717, 1.165) is 9.80 Å². The average molecular weight is 499 g/mol. The second kappa shape index (κ2) is 7.96. The zero-order valence-corrected chi connectivity index (χ0v) is 20.7. The van der Waals surface area contributed by atoms with Crippen LogP contribution in [-0.2, 0) is 28.7 Å². The number of anilines is 2. The van der Waals surface area contributed by atoms with Gasteiger partial charge in [0.05, 0.1) is 41.7 Å². The van der Waals surface area contributed by atoms with Gasteiger partial charge in [-0.1, -0.05) is 48.9 Å². The second-order valence-electron chi connectivity index (χ2n) is 10.3. The SMILES string of the molecule is CCOC(=O)C1=C(C)C2[C@H]3C(=O)N(c4ccccc4)C(=O)[C@H]3C1(C)[C@H]1C(=O)N(c3ccccc3)C(=O)[C@@H]21. The number of carbonyl (C=O) groups excluding carboxylic acids is 5. The highest BCUT2D eigenvalue weighted by atomic mass is 16.5. The zero-order chi connectivity index (χ0) is 26.2.